The van der Waals surface area contributed by atoms with Gasteiger partial charge < -0.3 is 10.6 Å². The predicted octanol–water partition coefficient (Wildman–Crippen LogP) is 2.98. The summed E-state index contributed by atoms with van der Waals surface area (Å²) in [6.45, 7) is 2.02. The maximum atomic E-state index is 12.4. The Bertz CT molecular complexity index is 1050. The Labute approximate surface area is 178 Å². The molecule has 0 unspecified atom stereocenters. The van der Waals surface area contributed by atoms with Gasteiger partial charge in [-0.05, 0) is 54.5 Å². The fraction of sp³-hybridized carbons (Fsp3) is 0.286. The largest absolute Gasteiger partial charge is 0.349 e. The third-order valence-electron chi connectivity index (χ3n) is 4.64. The number of aryl methyl sites for hydroxylation is 1. The number of nitrogens with zero attached hydrogens (tertiary/aromatic N) is 4. The van der Waals surface area contributed by atoms with E-state index in [2.05, 4.69) is 26.2 Å². The Morgan fingerprint density at radius 2 is 1.90 bits per heavy atom. The first-order valence-corrected chi connectivity index (χ1v) is 10.8. The van der Waals surface area contributed by atoms with E-state index in [-0.39, 0.29) is 24.3 Å². The van der Waals surface area contributed by atoms with Crippen LogP contribution >= 0.6 is 11.8 Å². The fourth-order valence-corrected chi connectivity index (χ4v) is 3.67. The molecule has 1 saturated carbocycles. The van der Waals surface area contributed by atoms with Crippen LogP contribution in [0.3, 0.4) is 0 Å². The zero-order valence-corrected chi connectivity index (χ0v) is 17.4. The van der Waals surface area contributed by atoms with Crippen molar-refractivity contribution in [3.63, 3.8) is 0 Å². The third kappa shape index (κ3) is 5.04. The van der Waals surface area contributed by atoms with Gasteiger partial charge in [0.2, 0.25) is 11.1 Å². The van der Waals surface area contributed by atoms with Gasteiger partial charge in [0.1, 0.15) is 0 Å². The lowest BCUT2D eigenvalue weighted by Crippen LogP contribution is -2.27. The van der Waals surface area contributed by atoms with Crippen LogP contribution in [0, 0.1) is 6.92 Å². The lowest BCUT2D eigenvalue weighted by Gasteiger charge is -2.11. The molecule has 30 heavy (non-hydrogen) atoms. The molecule has 2 aromatic carbocycles. The minimum absolute atomic E-state index is 0.153. The molecule has 1 heterocycles. The number of amides is 2. The first-order valence-electron chi connectivity index (χ1n) is 9.78. The van der Waals surface area contributed by atoms with Gasteiger partial charge in [-0.2, -0.15) is 4.68 Å². The van der Waals surface area contributed by atoms with Crippen molar-refractivity contribution in [2.75, 3.05) is 11.1 Å². The van der Waals surface area contributed by atoms with E-state index in [0.29, 0.717) is 22.2 Å². The summed E-state index contributed by atoms with van der Waals surface area (Å²) in [7, 11) is 0. The number of rotatable bonds is 8. The van der Waals surface area contributed by atoms with Gasteiger partial charge in [-0.15, -0.1) is 5.10 Å². The molecule has 0 aliphatic heterocycles. The monoisotopic (exact) mass is 422 g/mol. The summed E-state index contributed by atoms with van der Waals surface area (Å²) in [5, 5.41) is 18.2. The van der Waals surface area contributed by atoms with Gasteiger partial charge in [0.15, 0.2) is 0 Å². The second kappa shape index (κ2) is 9.08. The molecule has 0 atom stereocenters. The van der Waals surface area contributed by atoms with Crippen molar-refractivity contribution in [2.24, 2.45) is 0 Å². The summed E-state index contributed by atoms with van der Waals surface area (Å²) in [6.07, 6.45) is 2.29. The van der Waals surface area contributed by atoms with Crippen LogP contribution in [-0.2, 0) is 4.79 Å². The van der Waals surface area contributed by atoms with Crippen LogP contribution in [0.2, 0.25) is 0 Å². The summed E-state index contributed by atoms with van der Waals surface area (Å²) in [5.74, 6) is 0.192. The van der Waals surface area contributed by atoms with Crippen molar-refractivity contribution >= 4 is 29.3 Å². The molecular formula is C21H22N6O2S. The number of anilines is 1. The van der Waals surface area contributed by atoms with Crippen LogP contribution in [0.4, 0.5) is 5.69 Å². The fourth-order valence-electron chi connectivity index (χ4n) is 2.85. The zero-order chi connectivity index (χ0) is 20.9. The maximum absolute atomic E-state index is 12.4. The number of carbonyl (C=O) groups is 2. The van der Waals surface area contributed by atoms with E-state index in [1.54, 1.807) is 28.9 Å². The van der Waals surface area contributed by atoms with Crippen LogP contribution in [0.1, 0.15) is 35.2 Å². The molecule has 1 aliphatic carbocycles. The number of thioether (sulfide) groups is 1. The first-order chi connectivity index (χ1) is 14.6. The molecule has 0 radical (unpaired) electrons. The highest BCUT2D eigenvalue weighted by Gasteiger charge is 2.25. The van der Waals surface area contributed by atoms with Crippen LogP contribution in [-0.4, -0.2) is 43.8 Å². The van der Waals surface area contributed by atoms with Crippen molar-refractivity contribution in [1.29, 1.82) is 0 Å². The number of benzene rings is 2. The zero-order valence-electron chi connectivity index (χ0n) is 16.5. The highest BCUT2D eigenvalue weighted by Crippen LogP contribution is 2.22. The summed E-state index contributed by atoms with van der Waals surface area (Å²) in [4.78, 5) is 24.8. The average Bonchev–Trinajstić information content (AvgIpc) is 3.43. The van der Waals surface area contributed by atoms with Crippen molar-refractivity contribution in [3.05, 3.63) is 59.7 Å². The molecule has 2 N–H and O–H groups in total. The Kier molecular flexibility index (Phi) is 6.08. The van der Waals surface area contributed by atoms with Gasteiger partial charge in [-0.1, -0.05) is 41.6 Å². The number of tetrazole rings is 1. The lowest BCUT2D eigenvalue weighted by molar-refractivity contribution is -0.115. The minimum Gasteiger partial charge on any atom is -0.349 e. The van der Waals surface area contributed by atoms with E-state index in [1.807, 2.05) is 31.2 Å². The molecule has 8 nitrogen and oxygen atoms in total. The molecule has 0 bridgehead atoms. The minimum atomic E-state index is -0.163. The van der Waals surface area contributed by atoms with Gasteiger partial charge in [0.25, 0.3) is 5.91 Å². The van der Waals surface area contributed by atoms with Crippen LogP contribution < -0.4 is 10.6 Å². The number of para-hydroxylation sites is 1. The number of hydrogen-bond acceptors (Lipinski definition) is 6. The van der Waals surface area contributed by atoms with Crippen molar-refractivity contribution in [2.45, 2.75) is 37.4 Å². The second-order valence-electron chi connectivity index (χ2n) is 7.15. The second-order valence-corrected chi connectivity index (χ2v) is 8.21. The number of carbonyl (C=O) groups excluding carboxylic acids is 2. The van der Waals surface area contributed by atoms with Crippen LogP contribution in [0.5, 0.6) is 0 Å². The molecule has 1 fully saturated rings. The summed E-state index contributed by atoms with van der Waals surface area (Å²) >= 11 is 1.41. The van der Waals surface area contributed by atoms with Gasteiger partial charge in [0.05, 0.1) is 16.9 Å². The number of nitrogens with one attached hydrogen (secondary N) is 2. The summed E-state index contributed by atoms with van der Waals surface area (Å²) in [5.41, 5.74) is 3.03. The van der Waals surface area contributed by atoms with Gasteiger partial charge in [-0.25, -0.2) is 0 Å². The van der Waals surface area contributed by atoms with E-state index in [9.17, 15) is 9.59 Å². The van der Waals surface area contributed by atoms with Crippen molar-refractivity contribution in [1.82, 2.24) is 25.5 Å². The normalized spacial score (nSPS) is 13.1. The Morgan fingerprint density at radius 3 is 2.67 bits per heavy atom. The molecule has 0 saturated heterocycles. The standard InChI is InChI=1S/C21H22N6O2S/c1-14-6-10-16(11-7-14)27-21(24-25-26-27)30-13-12-19(28)23-18-5-3-2-4-17(18)20(29)22-15-8-9-15/h2-7,10-11,15H,8-9,12-13H2,1H3,(H,22,29)(H,23,28). The predicted molar refractivity (Wildman–Crippen MR) is 115 cm³/mol. The summed E-state index contributed by atoms with van der Waals surface area (Å²) < 4.78 is 1.65. The quantitative estimate of drug-likeness (QED) is 0.541. The molecule has 0 spiro atoms. The molecule has 4 rings (SSSR count). The maximum Gasteiger partial charge on any atom is 0.253 e. The van der Waals surface area contributed by atoms with Gasteiger partial charge >= 0.3 is 0 Å². The average molecular weight is 423 g/mol. The molecule has 154 valence electrons. The Hall–Kier alpha value is -3.20. The van der Waals surface area contributed by atoms with E-state index < -0.39 is 0 Å². The van der Waals surface area contributed by atoms with Gasteiger partial charge in [-0.3, -0.25) is 9.59 Å². The highest BCUT2D eigenvalue weighted by atomic mass is 32.2. The highest BCUT2D eigenvalue weighted by molar-refractivity contribution is 7.99. The molecular weight excluding hydrogens is 400 g/mol. The number of hydrogen-bond donors (Lipinski definition) is 2. The lowest BCUT2D eigenvalue weighted by atomic mass is 10.1. The first kappa shape index (κ1) is 20.1. The van der Waals surface area contributed by atoms with Gasteiger partial charge in [0, 0.05) is 18.2 Å². The molecule has 1 aliphatic rings. The molecule has 2 amide bonds. The van der Waals surface area contributed by atoms with E-state index in [0.717, 1.165) is 24.1 Å². The topological polar surface area (TPSA) is 102 Å². The van der Waals surface area contributed by atoms with Crippen molar-refractivity contribution < 1.29 is 9.59 Å². The molecule has 1 aromatic heterocycles. The van der Waals surface area contributed by atoms with Crippen LogP contribution in [0.15, 0.2) is 53.7 Å². The summed E-state index contributed by atoms with van der Waals surface area (Å²) in [6, 6.07) is 15.2. The smallest absolute Gasteiger partial charge is 0.253 e. The Morgan fingerprint density at radius 1 is 1.13 bits per heavy atom. The number of aromatic nitrogens is 4. The SMILES string of the molecule is Cc1ccc(-n2nnnc2SCCC(=O)Nc2ccccc2C(=O)NC2CC2)cc1. The van der Waals surface area contributed by atoms with E-state index >= 15 is 0 Å². The van der Waals surface area contributed by atoms with E-state index in [1.165, 1.54) is 11.8 Å². The molecule has 3 aromatic rings. The molecule has 9 heteroatoms. The van der Waals surface area contributed by atoms with Crippen LogP contribution in [0.25, 0.3) is 5.69 Å². The third-order valence-corrected chi connectivity index (χ3v) is 5.56. The van der Waals surface area contributed by atoms with E-state index in [4.69, 9.17) is 0 Å². The Balaban J connectivity index is 1.33. The van der Waals surface area contributed by atoms with Crippen molar-refractivity contribution in [3.8, 4) is 5.69 Å².